The van der Waals surface area contributed by atoms with Gasteiger partial charge in [0.2, 0.25) is 0 Å². The Balaban J connectivity index is 2.52. The van der Waals surface area contributed by atoms with E-state index in [0.717, 1.165) is 6.54 Å². The standard InChI is InChI=1S/C11H15BrN2O3/c1-8(2)13-5-6-17-11-4-3-9(14(15)16)7-10(11)12/h3-4,7-8,13H,5-6H2,1-2H3. The van der Waals surface area contributed by atoms with Crippen molar-refractivity contribution in [2.75, 3.05) is 13.2 Å². The second-order valence-electron chi connectivity index (χ2n) is 3.83. The molecule has 0 radical (unpaired) electrons. The summed E-state index contributed by atoms with van der Waals surface area (Å²) in [5.74, 6) is 0.612. The Bertz CT molecular complexity index is 396. The van der Waals surface area contributed by atoms with Crippen LogP contribution in [0.4, 0.5) is 5.69 Å². The number of ether oxygens (including phenoxy) is 1. The number of nitro benzene ring substituents is 1. The molecule has 0 bridgehead atoms. The maximum absolute atomic E-state index is 10.5. The molecule has 0 heterocycles. The van der Waals surface area contributed by atoms with E-state index in [9.17, 15) is 10.1 Å². The molecule has 1 rings (SSSR count). The van der Waals surface area contributed by atoms with E-state index >= 15 is 0 Å². The summed E-state index contributed by atoms with van der Waals surface area (Å²) in [6.07, 6.45) is 0. The fourth-order valence-electron chi connectivity index (χ4n) is 1.23. The number of halogens is 1. The van der Waals surface area contributed by atoms with Crippen molar-refractivity contribution >= 4 is 21.6 Å². The van der Waals surface area contributed by atoms with E-state index < -0.39 is 4.92 Å². The van der Waals surface area contributed by atoms with Crippen molar-refractivity contribution in [1.29, 1.82) is 0 Å². The van der Waals surface area contributed by atoms with Crippen LogP contribution in [0.1, 0.15) is 13.8 Å². The molecule has 0 spiro atoms. The highest BCUT2D eigenvalue weighted by Crippen LogP contribution is 2.28. The number of nitrogens with zero attached hydrogens (tertiary/aromatic N) is 1. The van der Waals surface area contributed by atoms with Crippen molar-refractivity contribution in [3.8, 4) is 5.75 Å². The van der Waals surface area contributed by atoms with Crippen molar-refractivity contribution in [2.24, 2.45) is 0 Å². The molecule has 0 aliphatic carbocycles. The highest BCUT2D eigenvalue weighted by atomic mass is 79.9. The van der Waals surface area contributed by atoms with Gasteiger partial charge in [-0.05, 0) is 22.0 Å². The van der Waals surface area contributed by atoms with E-state index in [0.29, 0.717) is 22.9 Å². The van der Waals surface area contributed by atoms with Crippen molar-refractivity contribution in [3.05, 3.63) is 32.8 Å². The van der Waals surface area contributed by atoms with Crippen molar-refractivity contribution < 1.29 is 9.66 Å². The van der Waals surface area contributed by atoms with Gasteiger partial charge < -0.3 is 10.1 Å². The number of nitro groups is 1. The lowest BCUT2D eigenvalue weighted by Gasteiger charge is -2.10. The highest BCUT2D eigenvalue weighted by molar-refractivity contribution is 9.10. The molecular formula is C11H15BrN2O3. The van der Waals surface area contributed by atoms with Gasteiger partial charge in [-0.25, -0.2) is 0 Å². The van der Waals surface area contributed by atoms with E-state index in [1.54, 1.807) is 6.07 Å². The predicted octanol–water partition coefficient (Wildman–Crippen LogP) is 2.73. The van der Waals surface area contributed by atoms with Crippen LogP contribution in [0.25, 0.3) is 0 Å². The predicted molar refractivity (Wildman–Crippen MR) is 69.4 cm³/mol. The van der Waals surface area contributed by atoms with Crippen molar-refractivity contribution in [1.82, 2.24) is 5.32 Å². The van der Waals surface area contributed by atoms with Crippen molar-refractivity contribution in [3.63, 3.8) is 0 Å². The van der Waals surface area contributed by atoms with E-state index in [-0.39, 0.29) is 5.69 Å². The summed E-state index contributed by atoms with van der Waals surface area (Å²) in [6.45, 7) is 5.37. The molecule has 6 heteroatoms. The average Bonchev–Trinajstić information content (AvgIpc) is 2.25. The van der Waals surface area contributed by atoms with Crippen LogP contribution in [-0.2, 0) is 0 Å². The number of non-ortho nitro benzene ring substituents is 1. The summed E-state index contributed by atoms with van der Waals surface area (Å²) in [5, 5.41) is 13.7. The van der Waals surface area contributed by atoms with E-state index in [1.165, 1.54) is 12.1 Å². The molecule has 1 aromatic carbocycles. The lowest BCUT2D eigenvalue weighted by Crippen LogP contribution is -2.27. The van der Waals surface area contributed by atoms with E-state index in [1.807, 2.05) is 0 Å². The minimum atomic E-state index is -0.436. The van der Waals surface area contributed by atoms with Gasteiger partial charge in [-0.3, -0.25) is 10.1 Å². The summed E-state index contributed by atoms with van der Waals surface area (Å²) in [5.41, 5.74) is 0.0459. The van der Waals surface area contributed by atoms with Gasteiger partial charge in [-0.1, -0.05) is 13.8 Å². The molecule has 0 saturated heterocycles. The maximum Gasteiger partial charge on any atom is 0.270 e. The molecule has 0 saturated carbocycles. The Morgan fingerprint density at radius 2 is 2.24 bits per heavy atom. The molecule has 0 unspecified atom stereocenters. The first-order valence-corrected chi connectivity index (χ1v) is 6.10. The normalized spacial score (nSPS) is 10.6. The highest BCUT2D eigenvalue weighted by Gasteiger charge is 2.09. The average molecular weight is 303 g/mol. The van der Waals surface area contributed by atoms with Gasteiger partial charge in [0.15, 0.2) is 0 Å². The topological polar surface area (TPSA) is 64.4 Å². The summed E-state index contributed by atoms with van der Waals surface area (Å²) < 4.78 is 6.08. The fourth-order valence-corrected chi connectivity index (χ4v) is 1.71. The number of benzene rings is 1. The van der Waals surface area contributed by atoms with Crippen LogP contribution in [0.3, 0.4) is 0 Å². The van der Waals surface area contributed by atoms with Crippen LogP contribution in [0.15, 0.2) is 22.7 Å². The molecule has 1 N–H and O–H groups in total. The second-order valence-corrected chi connectivity index (χ2v) is 4.68. The quantitative estimate of drug-likeness (QED) is 0.498. The molecule has 0 amide bonds. The fraction of sp³-hybridized carbons (Fsp3) is 0.455. The van der Waals surface area contributed by atoms with Crippen LogP contribution in [-0.4, -0.2) is 24.1 Å². The third kappa shape index (κ3) is 4.70. The first-order chi connectivity index (χ1) is 8.00. The zero-order valence-corrected chi connectivity index (χ0v) is 11.4. The minimum absolute atomic E-state index is 0.0459. The van der Waals surface area contributed by atoms with E-state index in [4.69, 9.17) is 4.74 Å². The molecule has 0 aliphatic rings. The van der Waals surface area contributed by atoms with Crippen LogP contribution in [0.5, 0.6) is 5.75 Å². The van der Waals surface area contributed by atoms with Gasteiger partial charge in [0.25, 0.3) is 5.69 Å². The van der Waals surface area contributed by atoms with Crippen LogP contribution >= 0.6 is 15.9 Å². The summed E-state index contributed by atoms with van der Waals surface area (Å²) in [4.78, 5) is 10.1. The number of hydrogen-bond donors (Lipinski definition) is 1. The largest absolute Gasteiger partial charge is 0.491 e. The summed E-state index contributed by atoms with van der Waals surface area (Å²) in [7, 11) is 0. The molecule has 1 aromatic rings. The molecular weight excluding hydrogens is 288 g/mol. The van der Waals surface area contributed by atoms with Gasteiger partial charge in [0.05, 0.1) is 9.40 Å². The molecule has 0 aliphatic heterocycles. The molecule has 17 heavy (non-hydrogen) atoms. The third-order valence-electron chi connectivity index (χ3n) is 2.04. The SMILES string of the molecule is CC(C)NCCOc1ccc([N+](=O)[O-])cc1Br. The number of rotatable bonds is 6. The zero-order chi connectivity index (χ0) is 12.8. The monoisotopic (exact) mass is 302 g/mol. The first kappa shape index (κ1) is 13.9. The van der Waals surface area contributed by atoms with Gasteiger partial charge in [-0.2, -0.15) is 0 Å². The Morgan fingerprint density at radius 3 is 2.76 bits per heavy atom. The van der Waals surface area contributed by atoms with Crippen LogP contribution in [0, 0.1) is 10.1 Å². The van der Waals surface area contributed by atoms with Gasteiger partial charge in [-0.15, -0.1) is 0 Å². The molecule has 94 valence electrons. The molecule has 0 atom stereocenters. The summed E-state index contributed by atoms with van der Waals surface area (Å²) in [6, 6.07) is 4.87. The van der Waals surface area contributed by atoms with Crippen molar-refractivity contribution in [2.45, 2.75) is 19.9 Å². The Kier molecular flexibility index (Phi) is 5.37. The van der Waals surface area contributed by atoms with Crippen LogP contribution in [0.2, 0.25) is 0 Å². The molecule has 0 aromatic heterocycles. The Labute approximate surface area is 108 Å². The lowest BCUT2D eigenvalue weighted by molar-refractivity contribution is -0.385. The molecule has 0 fully saturated rings. The number of nitrogens with one attached hydrogen (secondary N) is 1. The Morgan fingerprint density at radius 1 is 1.53 bits per heavy atom. The van der Waals surface area contributed by atoms with Gasteiger partial charge in [0.1, 0.15) is 12.4 Å². The number of hydrogen-bond acceptors (Lipinski definition) is 4. The maximum atomic E-state index is 10.5. The third-order valence-corrected chi connectivity index (χ3v) is 2.66. The lowest BCUT2D eigenvalue weighted by atomic mass is 10.3. The van der Waals surface area contributed by atoms with Gasteiger partial charge >= 0.3 is 0 Å². The minimum Gasteiger partial charge on any atom is -0.491 e. The summed E-state index contributed by atoms with van der Waals surface area (Å²) >= 11 is 3.25. The first-order valence-electron chi connectivity index (χ1n) is 5.31. The smallest absolute Gasteiger partial charge is 0.270 e. The zero-order valence-electron chi connectivity index (χ0n) is 9.77. The van der Waals surface area contributed by atoms with E-state index in [2.05, 4.69) is 35.1 Å². The second kappa shape index (κ2) is 6.56. The molecule has 5 nitrogen and oxygen atoms in total. The van der Waals surface area contributed by atoms with Gasteiger partial charge in [0, 0.05) is 24.7 Å². The Hall–Kier alpha value is -1.14. The van der Waals surface area contributed by atoms with Crippen LogP contribution < -0.4 is 10.1 Å².